The van der Waals surface area contributed by atoms with Crippen molar-refractivity contribution in [1.82, 2.24) is 0 Å². The Morgan fingerprint density at radius 1 is 1.46 bits per heavy atom. The molecule has 0 rings (SSSR count). The van der Waals surface area contributed by atoms with Crippen LogP contribution in [0.3, 0.4) is 0 Å². The molecular formula is C7H15NO5. The lowest BCUT2D eigenvalue weighted by Crippen LogP contribution is -2.17. The molecule has 1 unspecified atom stereocenters. The maximum Gasteiger partial charge on any atom is 0.404 e. The summed E-state index contributed by atoms with van der Waals surface area (Å²) < 4.78 is 4.18. The molecule has 78 valence electrons. The summed E-state index contributed by atoms with van der Waals surface area (Å²) in [5, 5.41) is 16.3. The van der Waals surface area contributed by atoms with Crippen LogP contribution in [0.2, 0.25) is 0 Å². The number of aliphatic carboxylic acids is 1. The lowest BCUT2D eigenvalue weighted by atomic mass is 10.3. The van der Waals surface area contributed by atoms with E-state index in [0.717, 1.165) is 0 Å². The topological polar surface area (TPSA) is 110 Å². The molecule has 0 spiro atoms. The summed E-state index contributed by atoms with van der Waals surface area (Å²) in [6, 6.07) is 0. The number of amides is 1. The van der Waals surface area contributed by atoms with Crippen LogP contribution in [0.5, 0.6) is 0 Å². The number of hydrogen-bond donors (Lipinski definition) is 3. The van der Waals surface area contributed by atoms with E-state index < -0.39 is 18.2 Å². The molecule has 6 heteroatoms. The van der Waals surface area contributed by atoms with Gasteiger partial charge in [0.05, 0.1) is 6.61 Å². The highest BCUT2D eigenvalue weighted by Gasteiger charge is 2.07. The predicted octanol–water partition coefficient (Wildman–Crippen LogP) is -0.0565. The normalized spacial score (nSPS) is 10.7. The van der Waals surface area contributed by atoms with E-state index in [0.29, 0.717) is 6.61 Å². The lowest BCUT2D eigenvalue weighted by Gasteiger charge is -1.95. The second-order valence-electron chi connectivity index (χ2n) is 2.01. The first-order valence-corrected chi connectivity index (χ1v) is 3.78. The van der Waals surface area contributed by atoms with Crippen LogP contribution in [-0.2, 0) is 9.53 Å². The van der Waals surface area contributed by atoms with Gasteiger partial charge in [0.15, 0.2) is 6.10 Å². The summed E-state index contributed by atoms with van der Waals surface area (Å²) in [5.41, 5.74) is 4.54. The molecule has 1 amide bonds. The number of hydrogen-bond acceptors (Lipinski definition) is 4. The van der Waals surface area contributed by atoms with Gasteiger partial charge in [-0.3, -0.25) is 0 Å². The second kappa shape index (κ2) is 8.79. The number of aliphatic hydroxyl groups is 1. The molecule has 0 aliphatic rings. The number of rotatable bonds is 3. The molecule has 0 fully saturated rings. The minimum atomic E-state index is -1.18. The average molecular weight is 193 g/mol. The quantitative estimate of drug-likeness (QED) is 0.581. The fourth-order valence-corrected chi connectivity index (χ4v) is 0.317. The predicted molar refractivity (Wildman–Crippen MR) is 45.1 cm³/mol. The molecule has 0 radical (unpaired) electrons. The van der Waals surface area contributed by atoms with Gasteiger partial charge in [-0.05, 0) is 13.3 Å². The first kappa shape index (κ1) is 14.2. The van der Waals surface area contributed by atoms with Crippen LogP contribution in [0.1, 0.15) is 20.3 Å². The Morgan fingerprint density at radius 3 is 1.92 bits per heavy atom. The second-order valence-corrected chi connectivity index (χ2v) is 2.01. The summed E-state index contributed by atoms with van der Waals surface area (Å²) in [6.07, 6.45) is -1.62. The molecule has 0 aromatic rings. The summed E-state index contributed by atoms with van der Waals surface area (Å²) >= 11 is 0. The first-order valence-electron chi connectivity index (χ1n) is 3.78. The third-order valence-corrected chi connectivity index (χ3v) is 0.958. The third kappa shape index (κ3) is 13.7. The molecule has 0 heterocycles. The largest absolute Gasteiger partial charge is 0.479 e. The number of ether oxygens (including phenoxy) is 1. The molecule has 0 saturated heterocycles. The number of carbonyl (C=O) groups is 2. The average Bonchev–Trinajstić information content (AvgIpc) is 2.03. The summed E-state index contributed by atoms with van der Waals surface area (Å²) in [7, 11) is 0. The van der Waals surface area contributed by atoms with Gasteiger partial charge < -0.3 is 20.7 Å². The highest BCUT2D eigenvalue weighted by atomic mass is 16.5. The molecular weight excluding hydrogens is 178 g/mol. The van der Waals surface area contributed by atoms with Crippen LogP contribution in [0.15, 0.2) is 0 Å². The van der Waals surface area contributed by atoms with Crippen molar-refractivity contribution in [3.05, 3.63) is 0 Å². The molecule has 0 aliphatic heterocycles. The van der Waals surface area contributed by atoms with Gasteiger partial charge in [0, 0.05) is 0 Å². The van der Waals surface area contributed by atoms with E-state index in [9.17, 15) is 9.59 Å². The summed E-state index contributed by atoms with van der Waals surface area (Å²) in [5.74, 6) is -1.15. The zero-order valence-electron chi connectivity index (χ0n) is 7.69. The van der Waals surface area contributed by atoms with Crippen LogP contribution in [0.4, 0.5) is 4.79 Å². The lowest BCUT2D eigenvalue weighted by molar-refractivity contribution is -0.146. The van der Waals surface area contributed by atoms with Gasteiger partial charge in [-0.1, -0.05) is 6.92 Å². The zero-order chi connectivity index (χ0) is 10.9. The van der Waals surface area contributed by atoms with Crippen LogP contribution < -0.4 is 5.73 Å². The molecule has 4 N–H and O–H groups in total. The van der Waals surface area contributed by atoms with Gasteiger partial charge in [-0.25, -0.2) is 9.59 Å². The van der Waals surface area contributed by atoms with Crippen molar-refractivity contribution in [2.24, 2.45) is 5.73 Å². The number of carboxylic acids is 1. The maximum atomic E-state index is 9.68. The molecule has 0 saturated carbocycles. The molecule has 0 aliphatic carbocycles. The van der Waals surface area contributed by atoms with Crippen molar-refractivity contribution in [3.63, 3.8) is 0 Å². The van der Waals surface area contributed by atoms with Crippen LogP contribution in [0.25, 0.3) is 0 Å². The Morgan fingerprint density at radius 2 is 1.92 bits per heavy atom. The van der Waals surface area contributed by atoms with Gasteiger partial charge in [-0.2, -0.15) is 0 Å². The molecule has 0 aromatic carbocycles. The Labute approximate surface area is 76.3 Å². The molecule has 13 heavy (non-hydrogen) atoms. The van der Waals surface area contributed by atoms with Crippen molar-refractivity contribution in [2.45, 2.75) is 26.4 Å². The van der Waals surface area contributed by atoms with Gasteiger partial charge in [0.25, 0.3) is 0 Å². The van der Waals surface area contributed by atoms with Crippen molar-refractivity contribution >= 4 is 12.1 Å². The number of carbonyl (C=O) groups excluding carboxylic acids is 1. The Balaban J connectivity index is 0. The van der Waals surface area contributed by atoms with E-state index >= 15 is 0 Å². The van der Waals surface area contributed by atoms with E-state index in [-0.39, 0.29) is 6.42 Å². The summed E-state index contributed by atoms with van der Waals surface area (Å²) in [4.78, 5) is 19.3. The van der Waals surface area contributed by atoms with E-state index in [4.69, 9.17) is 10.2 Å². The van der Waals surface area contributed by atoms with Gasteiger partial charge in [0.1, 0.15) is 0 Å². The van der Waals surface area contributed by atoms with Crippen molar-refractivity contribution in [3.8, 4) is 0 Å². The fraction of sp³-hybridized carbons (Fsp3) is 0.714. The molecule has 1 atom stereocenters. The Kier molecular flexibility index (Phi) is 9.63. The van der Waals surface area contributed by atoms with Crippen LogP contribution in [-0.4, -0.2) is 35.0 Å². The SMILES string of the molecule is CCC(O)C(=O)O.CCOC(N)=O. The zero-order valence-corrected chi connectivity index (χ0v) is 7.69. The minimum absolute atomic E-state index is 0.273. The smallest absolute Gasteiger partial charge is 0.404 e. The standard InChI is InChI=1S/C4H8O3.C3H7NO2/c1-2-3(5)4(6)7;1-2-6-3(4)5/h3,5H,2H2,1H3,(H,6,7);2H2,1H3,(H2,4,5). The van der Waals surface area contributed by atoms with Crippen molar-refractivity contribution in [2.75, 3.05) is 6.61 Å². The molecule has 0 aromatic heterocycles. The molecule has 6 nitrogen and oxygen atoms in total. The van der Waals surface area contributed by atoms with Crippen molar-refractivity contribution in [1.29, 1.82) is 0 Å². The fourth-order valence-electron chi connectivity index (χ4n) is 0.317. The highest BCUT2D eigenvalue weighted by molar-refractivity contribution is 5.71. The third-order valence-electron chi connectivity index (χ3n) is 0.958. The number of nitrogens with two attached hydrogens (primary N) is 1. The number of carboxylic acid groups (broad SMARTS) is 1. The Hall–Kier alpha value is -1.30. The minimum Gasteiger partial charge on any atom is -0.479 e. The molecule has 0 bridgehead atoms. The monoisotopic (exact) mass is 193 g/mol. The van der Waals surface area contributed by atoms with E-state index in [1.165, 1.54) is 0 Å². The van der Waals surface area contributed by atoms with Gasteiger partial charge >= 0.3 is 12.1 Å². The summed E-state index contributed by atoms with van der Waals surface area (Å²) in [6.45, 7) is 3.67. The number of primary amides is 1. The first-order chi connectivity index (χ1) is 5.95. The van der Waals surface area contributed by atoms with Crippen LogP contribution in [0, 0.1) is 0 Å². The Bertz CT molecular complexity index is 159. The number of aliphatic hydroxyl groups excluding tert-OH is 1. The van der Waals surface area contributed by atoms with E-state index in [1.807, 2.05) is 0 Å². The van der Waals surface area contributed by atoms with E-state index in [2.05, 4.69) is 10.5 Å². The highest BCUT2D eigenvalue weighted by Crippen LogP contribution is 1.86. The van der Waals surface area contributed by atoms with Gasteiger partial charge in [0.2, 0.25) is 0 Å². The van der Waals surface area contributed by atoms with E-state index in [1.54, 1.807) is 13.8 Å². The van der Waals surface area contributed by atoms with Crippen molar-refractivity contribution < 1.29 is 24.5 Å². The van der Waals surface area contributed by atoms with Gasteiger partial charge in [-0.15, -0.1) is 0 Å². The maximum absolute atomic E-state index is 9.68. The van der Waals surface area contributed by atoms with Crippen LogP contribution >= 0.6 is 0 Å².